The zero-order chi connectivity index (χ0) is 23.9. The molecule has 7 rings (SSSR count). The van der Waals surface area contributed by atoms with Gasteiger partial charge in [-0.2, -0.15) is 0 Å². The lowest BCUT2D eigenvalue weighted by atomic mass is 9.81. The fourth-order valence-corrected chi connectivity index (χ4v) is 7.88. The number of aromatic nitrogens is 2. The van der Waals surface area contributed by atoms with Crippen LogP contribution >= 0.6 is 11.8 Å². The molecule has 3 nitrogen and oxygen atoms in total. The van der Waals surface area contributed by atoms with E-state index >= 15 is 0 Å². The molecule has 0 fully saturated rings. The first kappa shape index (κ1) is 21.8. The van der Waals surface area contributed by atoms with E-state index in [4.69, 9.17) is 9.97 Å². The smallest absolute Gasteiger partial charge is 0.0769 e. The second-order valence-electron chi connectivity index (χ2n) is 9.64. The molecule has 0 spiro atoms. The van der Waals surface area contributed by atoms with Gasteiger partial charge in [-0.3, -0.25) is 14.9 Å². The van der Waals surface area contributed by atoms with Crippen molar-refractivity contribution in [3.05, 3.63) is 144 Å². The molecule has 0 saturated heterocycles. The maximum absolute atomic E-state index is 4.89. The summed E-state index contributed by atoms with van der Waals surface area (Å²) in [6.45, 7) is 0. The molecular weight excluding hydrogens is 458 g/mol. The highest BCUT2D eigenvalue weighted by atomic mass is 32.2. The molecule has 2 aliphatic heterocycles. The number of thioether (sulfide) groups is 1. The van der Waals surface area contributed by atoms with E-state index in [-0.39, 0.29) is 17.3 Å². The number of nitrogens with zero attached hydrogens (tertiary/aromatic N) is 3. The van der Waals surface area contributed by atoms with Gasteiger partial charge in [0.25, 0.3) is 0 Å². The molecule has 1 aromatic carbocycles. The SMILES string of the molecule is C1=CCC(N2C3C=CC=CC3c3ccccc3C3C(c4ccccn4)=C(c4ccccn4)SC32)C=C1. The maximum atomic E-state index is 4.89. The number of hydrogen-bond acceptors (Lipinski definition) is 4. The minimum absolute atomic E-state index is 0.185. The summed E-state index contributed by atoms with van der Waals surface area (Å²) in [5, 5.41) is 0.229. The normalized spacial score (nSPS) is 28.5. The number of rotatable bonds is 3. The number of fused-ring (bicyclic) bond motifs is 5. The Bertz CT molecular complexity index is 1420. The Labute approximate surface area is 216 Å². The molecule has 5 unspecified atom stereocenters. The van der Waals surface area contributed by atoms with E-state index in [1.54, 1.807) is 0 Å². The molecule has 2 aromatic heterocycles. The van der Waals surface area contributed by atoms with Crippen LogP contribution in [0.15, 0.2) is 122 Å². The van der Waals surface area contributed by atoms with Crippen molar-refractivity contribution in [2.45, 2.75) is 35.7 Å². The van der Waals surface area contributed by atoms with E-state index in [1.165, 1.54) is 21.6 Å². The van der Waals surface area contributed by atoms with Gasteiger partial charge in [-0.25, -0.2) is 0 Å². The molecule has 4 aliphatic rings. The van der Waals surface area contributed by atoms with Gasteiger partial charge in [-0.1, -0.05) is 85.0 Å². The number of pyridine rings is 2. The summed E-state index contributed by atoms with van der Waals surface area (Å²) >= 11 is 1.97. The largest absolute Gasteiger partial charge is 0.276 e. The number of benzene rings is 1. The molecule has 0 amide bonds. The Kier molecular flexibility index (Phi) is 5.56. The summed E-state index contributed by atoms with van der Waals surface area (Å²) in [5.41, 5.74) is 6.21. The molecule has 36 heavy (non-hydrogen) atoms. The van der Waals surface area contributed by atoms with Crippen LogP contribution in [0.2, 0.25) is 0 Å². The van der Waals surface area contributed by atoms with Crippen molar-refractivity contribution in [2.24, 2.45) is 0 Å². The molecule has 4 heterocycles. The van der Waals surface area contributed by atoms with E-state index < -0.39 is 0 Å². The molecule has 4 heteroatoms. The minimum Gasteiger partial charge on any atom is -0.276 e. The Morgan fingerprint density at radius 3 is 2.19 bits per heavy atom. The Hall–Kier alpha value is -3.47. The third kappa shape index (κ3) is 3.56. The van der Waals surface area contributed by atoms with Crippen LogP contribution in [0.25, 0.3) is 10.5 Å². The van der Waals surface area contributed by atoms with E-state index in [9.17, 15) is 0 Å². The summed E-state index contributed by atoms with van der Waals surface area (Å²) in [6.07, 6.45) is 23.2. The standard InChI is InChI=1S/C32H27N3S/c1-2-12-22(13-3-1)35-28-19-7-6-15-24(28)23-14-4-5-16-25(23)29-30(26-17-8-10-20-33-26)31(36-32(29)35)27-18-9-11-21-34-27/h1-12,14-22,24,28-29,32H,13H2. The third-order valence-electron chi connectivity index (χ3n) is 7.69. The van der Waals surface area contributed by atoms with Crippen molar-refractivity contribution in [3.63, 3.8) is 0 Å². The van der Waals surface area contributed by atoms with Crippen LogP contribution in [0.5, 0.6) is 0 Å². The first-order chi connectivity index (χ1) is 17.9. The second-order valence-corrected chi connectivity index (χ2v) is 10.8. The second kappa shape index (κ2) is 9.20. The van der Waals surface area contributed by atoms with Crippen molar-refractivity contribution in [1.29, 1.82) is 0 Å². The Morgan fingerprint density at radius 2 is 1.44 bits per heavy atom. The van der Waals surface area contributed by atoms with Crippen LogP contribution in [-0.2, 0) is 0 Å². The average Bonchev–Trinajstić information content (AvgIpc) is 3.30. The van der Waals surface area contributed by atoms with Crippen molar-refractivity contribution < 1.29 is 0 Å². The summed E-state index contributed by atoms with van der Waals surface area (Å²) in [7, 11) is 0. The van der Waals surface area contributed by atoms with E-state index in [2.05, 4.69) is 102 Å². The topological polar surface area (TPSA) is 29.0 Å². The van der Waals surface area contributed by atoms with Gasteiger partial charge >= 0.3 is 0 Å². The Morgan fingerprint density at radius 1 is 0.722 bits per heavy atom. The van der Waals surface area contributed by atoms with E-state index in [0.29, 0.717) is 12.0 Å². The number of hydrogen-bond donors (Lipinski definition) is 0. The van der Waals surface area contributed by atoms with Gasteiger partial charge in [0.1, 0.15) is 0 Å². The van der Waals surface area contributed by atoms with Crippen LogP contribution in [-0.4, -0.2) is 32.3 Å². The first-order valence-electron chi connectivity index (χ1n) is 12.7. The summed E-state index contributed by atoms with van der Waals surface area (Å²) in [6, 6.07) is 22.2. The molecule has 3 aromatic rings. The molecule has 0 radical (unpaired) electrons. The first-order valence-corrected chi connectivity index (χ1v) is 13.6. The summed E-state index contributed by atoms with van der Waals surface area (Å²) < 4.78 is 0. The predicted molar refractivity (Wildman–Crippen MR) is 149 cm³/mol. The van der Waals surface area contributed by atoms with Gasteiger partial charge in [0.05, 0.1) is 16.8 Å². The molecule has 0 bridgehead atoms. The molecule has 2 aliphatic carbocycles. The third-order valence-corrected chi connectivity index (χ3v) is 9.11. The van der Waals surface area contributed by atoms with Gasteiger partial charge < -0.3 is 0 Å². The van der Waals surface area contributed by atoms with Crippen molar-refractivity contribution in [1.82, 2.24) is 14.9 Å². The lowest BCUT2D eigenvalue weighted by Gasteiger charge is -2.43. The fourth-order valence-electron chi connectivity index (χ4n) is 6.20. The molecule has 176 valence electrons. The van der Waals surface area contributed by atoms with Crippen LogP contribution in [0.3, 0.4) is 0 Å². The zero-order valence-corrected chi connectivity index (χ0v) is 20.7. The van der Waals surface area contributed by atoms with Gasteiger partial charge in [-0.15, -0.1) is 11.8 Å². The molecule has 5 atom stereocenters. The highest BCUT2D eigenvalue weighted by Gasteiger charge is 2.49. The molecule has 0 N–H and O–H groups in total. The van der Waals surface area contributed by atoms with Crippen LogP contribution < -0.4 is 0 Å². The fraction of sp³-hybridized carbons (Fsp3) is 0.188. The lowest BCUT2D eigenvalue weighted by Crippen LogP contribution is -2.49. The molecular formula is C32H27N3S. The minimum atomic E-state index is 0.185. The zero-order valence-electron chi connectivity index (χ0n) is 19.9. The van der Waals surface area contributed by atoms with Crippen molar-refractivity contribution >= 4 is 22.2 Å². The van der Waals surface area contributed by atoms with Gasteiger partial charge in [-0.05, 0) is 41.8 Å². The monoisotopic (exact) mass is 485 g/mol. The average molecular weight is 486 g/mol. The van der Waals surface area contributed by atoms with Gasteiger partial charge in [0.15, 0.2) is 0 Å². The predicted octanol–water partition coefficient (Wildman–Crippen LogP) is 6.98. The van der Waals surface area contributed by atoms with Crippen molar-refractivity contribution in [3.8, 4) is 0 Å². The maximum Gasteiger partial charge on any atom is 0.0769 e. The summed E-state index contributed by atoms with van der Waals surface area (Å²) in [5.74, 6) is 0.504. The van der Waals surface area contributed by atoms with E-state index in [0.717, 1.165) is 17.8 Å². The highest BCUT2D eigenvalue weighted by molar-refractivity contribution is 8.09. The van der Waals surface area contributed by atoms with Gasteiger partial charge in [0.2, 0.25) is 0 Å². The van der Waals surface area contributed by atoms with Crippen LogP contribution in [0.1, 0.15) is 40.8 Å². The van der Waals surface area contributed by atoms with Crippen molar-refractivity contribution in [2.75, 3.05) is 0 Å². The van der Waals surface area contributed by atoms with E-state index in [1.807, 2.05) is 36.3 Å². The number of allylic oxidation sites excluding steroid dienone is 4. The lowest BCUT2D eigenvalue weighted by molar-refractivity contribution is 0.163. The van der Waals surface area contributed by atoms with Crippen LogP contribution in [0.4, 0.5) is 0 Å². The highest BCUT2D eigenvalue weighted by Crippen LogP contribution is 2.60. The quantitative estimate of drug-likeness (QED) is 0.400. The molecule has 0 saturated carbocycles. The van der Waals surface area contributed by atoms with Crippen LogP contribution in [0, 0.1) is 0 Å². The Balaban J connectivity index is 1.49. The summed E-state index contributed by atoms with van der Waals surface area (Å²) in [4.78, 5) is 13.7. The van der Waals surface area contributed by atoms with Gasteiger partial charge in [0, 0.05) is 46.8 Å².